The molecule has 126 valence electrons. The van der Waals surface area contributed by atoms with Gasteiger partial charge in [0.2, 0.25) is 0 Å². The fourth-order valence-corrected chi connectivity index (χ4v) is 2.85. The van der Waals surface area contributed by atoms with E-state index < -0.39 is 0 Å². The second kappa shape index (κ2) is 7.35. The van der Waals surface area contributed by atoms with Crippen LogP contribution in [0.4, 0.5) is 5.82 Å². The summed E-state index contributed by atoms with van der Waals surface area (Å²) < 4.78 is 5.15. The maximum Gasteiger partial charge on any atom is 0.255 e. The first kappa shape index (κ1) is 16.3. The molecule has 7 heteroatoms. The molecule has 3 rings (SSSR count). The van der Waals surface area contributed by atoms with E-state index in [1.807, 2.05) is 6.92 Å². The molecule has 1 amide bonds. The van der Waals surface area contributed by atoms with E-state index >= 15 is 0 Å². The molecule has 1 N–H and O–H groups in total. The zero-order chi connectivity index (χ0) is 16.9. The molecule has 0 fully saturated rings. The van der Waals surface area contributed by atoms with Gasteiger partial charge in [-0.25, -0.2) is 9.97 Å². The first-order valence-electron chi connectivity index (χ1n) is 7.96. The number of fused-ring (bicyclic) bond motifs is 1. The Bertz CT molecular complexity index is 707. The summed E-state index contributed by atoms with van der Waals surface area (Å²) in [5.41, 5.74) is 2.57. The summed E-state index contributed by atoms with van der Waals surface area (Å²) in [5, 5.41) is 3.36. The number of carbonyl (C=O) groups is 1. The van der Waals surface area contributed by atoms with Crippen LogP contribution in [0.3, 0.4) is 0 Å². The van der Waals surface area contributed by atoms with Crippen molar-refractivity contribution in [1.29, 1.82) is 0 Å². The molecule has 0 saturated heterocycles. The topological polar surface area (TPSA) is 80.2 Å². The van der Waals surface area contributed by atoms with Crippen LogP contribution >= 0.6 is 0 Å². The zero-order valence-corrected chi connectivity index (χ0v) is 13.9. The van der Waals surface area contributed by atoms with Gasteiger partial charge in [-0.3, -0.25) is 9.78 Å². The molecule has 0 unspecified atom stereocenters. The largest absolute Gasteiger partial charge is 0.383 e. The van der Waals surface area contributed by atoms with Gasteiger partial charge in [-0.2, -0.15) is 0 Å². The van der Waals surface area contributed by atoms with Crippen molar-refractivity contribution >= 4 is 11.7 Å². The number of ether oxygens (including phenoxy) is 1. The number of rotatable bonds is 5. The number of hydrogen-bond donors (Lipinski definition) is 1. The molecule has 0 spiro atoms. The molecule has 0 radical (unpaired) electrons. The van der Waals surface area contributed by atoms with E-state index in [9.17, 15) is 4.79 Å². The Kier molecular flexibility index (Phi) is 5.00. The lowest BCUT2D eigenvalue weighted by Gasteiger charge is -2.29. The lowest BCUT2D eigenvalue weighted by molar-refractivity contribution is 0.0731. The first-order valence-corrected chi connectivity index (χ1v) is 7.96. The molecule has 0 aliphatic carbocycles. The predicted octanol–water partition coefficient (Wildman–Crippen LogP) is 1.52. The molecule has 0 bridgehead atoms. The monoisotopic (exact) mass is 327 g/mol. The van der Waals surface area contributed by atoms with Crippen LogP contribution in [0.1, 0.15) is 28.5 Å². The standard InChI is InChI=1S/C17H21N5O2/c1-12(10-24-2)21-16-14-5-7-22(9-15(14)19-11-20-16)17(23)13-4-3-6-18-8-13/h3-4,6,8,11-12H,5,7,9-10H2,1-2H3,(H,19,20,21)/t12-/m0/s1. The molecular weight excluding hydrogens is 306 g/mol. The van der Waals surface area contributed by atoms with Crippen molar-refractivity contribution < 1.29 is 9.53 Å². The van der Waals surface area contributed by atoms with Crippen molar-refractivity contribution in [2.45, 2.75) is 25.9 Å². The van der Waals surface area contributed by atoms with E-state index in [0.29, 0.717) is 25.3 Å². The number of hydrogen-bond acceptors (Lipinski definition) is 6. The van der Waals surface area contributed by atoms with Crippen molar-refractivity contribution in [3.05, 3.63) is 47.7 Å². The fraction of sp³-hybridized carbons (Fsp3) is 0.412. The van der Waals surface area contributed by atoms with Crippen molar-refractivity contribution in [1.82, 2.24) is 19.9 Å². The van der Waals surface area contributed by atoms with E-state index in [-0.39, 0.29) is 11.9 Å². The Balaban J connectivity index is 1.76. The third-order valence-electron chi connectivity index (χ3n) is 4.00. The molecule has 0 aromatic carbocycles. The summed E-state index contributed by atoms with van der Waals surface area (Å²) in [5.74, 6) is 0.813. The molecule has 3 heterocycles. The highest BCUT2D eigenvalue weighted by Crippen LogP contribution is 2.24. The third-order valence-corrected chi connectivity index (χ3v) is 4.00. The molecule has 7 nitrogen and oxygen atoms in total. The molecule has 24 heavy (non-hydrogen) atoms. The quantitative estimate of drug-likeness (QED) is 0.897. The van der Waals surface area contributed by atoms with Gasteiger partial charge in [-0.15, -0.1) is 0 Å². The normalized spacial score (nSPS) is 14.8. The van der Waals surface area contributed by atoms with Crippen molar-refractivity contribution in [3.63, 3.8) is 0 Å². The Morgan fingerprint density at radius 1 is 1.46 bits per heavy atom. The van der Waals surface area contributed by atoms with Crippen molar-refractivity contribution in [3.8, 4) is 0 Å². The van der Waals surface area contributed by atoms with Gasteiger partial charge >= 0.3 is 0 Å². The van der Waals surface area contributed by atoms with Gasteiger partial charge in [0.15, 0.2) is 0 Å². The van der Waals surface area contributed by atoms with Crippen LogP contribution in [0, 0.1) is 0 Å². The van der Waals surface area contributed by atoms with Gasteiger partial charge in [0.05, 0.1) is 24.4 Å². The van der Waals surface area contributed by atoms with Crippen LogP contribution in [0.25, 0.3) is 0 Å². The average Bonchev–Trinajstić information content (AvgIpc) is 2.62. The minimum Gasteiger partial charge on any atom is -0.383 e. The third kappa shape index (κ3) is 3.51. The molecule has 0 saturated carbocycles. The lowest BCUT2D eigenvalue weighted by atomic mass is 10.0. The van der Waals surface area contributed by atoms with E-state index in [1.165, 1.54) is 0 Å². The molecular formula is C17H21N5O2. The second-order valence-electron chi connectivity index (χ2n) is 5.87. The van der Waals surface area contributed by atoms with Crippen LogP contribution in [0.15, 0.2) is 30.9 Å². The van der Waals surface area contributed by atoms with Crippen LogP contribution in [0.2, 0.25) is 0 Å². The number of methoxy groups -OCH3 is 1. The first-order chi connectivity index (χ1) is 11.7. The SMILES string of the molecule is COC[C@H](C)Nc1ncnc2c1CCN(C(=O)c1cccnc1)C2. The van der Waals surface area contributed by atoms with Crippen molar-refractivity contribution in [2.24, 2.45) is 0 Å². The summed E-state index contributed by atoms with van der Waals surface area (Å²) in [7, 11) is 1.68. The minimum absolute atomic E-state index is 0.0189. The molecule has 2 aromatic heterocycles. The van der Waals surface area contributed by atoms with Gasteiger partial charge in [0.25, 0.3) is 5.91 Å². The van der Waals surface area contributed by atoms with Gasteiger partial charge in [-0.1, -0.05) is 0 Å². The van der Waals surface area contributed by atoms with Crippen LogP contribution < -0.4 is 5.32 Å². The molecule has 2 aromatic rings. The number of aromatic nitrogens is 3. The number of pyridine rings is 1. The molecule has 1 atom stereocenters. The molecule has 1 aliphatic heterocycles. The van der Waals surface area contributed by atoms with Gasteiger partial charge in [-0.05, 0) is 25.5 Å². The number of nitrogens with one attached hydrogen (secondary N) is 1. The minimum atomic E-state index is -0.0189. The lowest BCUT2D eigenvalue weighted by Crippen LogP contribution is -2.37. The van der Waals surface area contributed by atoms with Crippen LogP contribution in [-0.2, 0) is 17.7 Å². The van der Waals surface area contributed by atoms with Crippen molar-refractivity contribution in [2.75, 3.05) is 25.6 Å². The Labute approximate surface area is 141 Å². The van der Waals surface area contributed by atoms with E-state index in [2.05, 4.69) is 20.3 Å². The van der Waals surface area contributed by atoms with E-state index in [4.69, 9.17) is 4.74 Å². The maximum atomic E-state index is 12.6. The Morgan fingerprint density at radius 2 is 2.33 bits per heavy atom. The molecule has 1 aliphatic rings. The van der Waals surface area contributed by atoms with E-state index in [0.717, 1.165) is 23.5 Å². The summed E-state index contributed by atoms with van der Waals surface area (Å²) in [4.78, 5) is 27.1. The Morgan fingerprint density at radius 3 is 3.08 bits per heavy atom. The van der Waals surface area contributed by atoms with E-state index in [1.54, 1.807) is 42.9 Å². The fourth-order valence-electron chi connectivity index (χ4n) is 2.85. The maximum absolute atomic E-state index is 12.6. The smallest absolute Gasteiger partial charge is 0.255 e. The van der Waals surface area contributed by atoms with Crippen LogP contribution in [0.5, 0.6) is 0 Å². The van der Waals surface area contributed by atoms with Gasteiger partial charge in [0.1, 0.15) is 12.1 Å². The highest BCUT2D eigenvalue weighted by atomic mass is 16.5. The number of carbonyl (C=O) groups excluding carboxylic acids is 1. The summed E-state index contributed by atoms with van der Waals surface area (Å²) in [6, 6.07) is 3.71. The average molecular weight is 327 g/mol. The Hall–Kier alpha value is -2.54. The highest BCUT2D eigenvalue weighted by molar-refractivity contribution is 5.94. The highest BCUT2D eigenvalue weighted by Gasteiger charge is 2.25. The zero-order valence-electron chi connectivity index (χ0n) is 13.9. The summed E-state index contributed by atoms with van der Waals surface area (Å²) in [6.07, 6.45) is 5.52. The summed E-state index contributed by atoms with van der Waals surface area (Å²) >= 11 is 0. The second-order valence-corrected chi connectivity index (χ2v) is 5.87. The summed E-state index contributed by atoms with van der Waals surface area (Å²) in [6.45, 7) is 3.77. The number of nitrogens with zero attached hydrogens (tertiary/aromatic N) is 4. The number of amides is 1. The van der Waals surface area contributed by atoms with Gasteiger partial charge < -0.3 is 15.0 Å². The predicted molar refractivity (Wildman–Crippen MR) is 89.7 cm³/mol. The van der Waals surface area contributed by atoms with Gasteiger partial charge in [0, 0.05) is 37.7 Å². The number of anilines is 1. The van der Waals surface area contributed by atoms with Crippen LogP contribution in [-0.4, -0.2) is 52.1 Å².